The van der Waals surface area contributed by atoms with Crippen molar-refractivity contribution in [3.05, 3.63) is 78.4 Å². The average Bonchev–Trinajstić information content (AvgIpc) is 3.50. The molecule has 0 aliphatic carbocycles. The number of anilines is 2. The van der Waals surface area contributed by atoms with Gasteiger partial charge in [0.25, 0.3) is 5.91 Å². The Labute approximate surface area is 241 Å². The summed E-state index contributed by atoms with van der Waals surface area (Å²) in [5.74, 6) is 0.532. The van der Waals surface area contributed by atoms with Crippen molar-refractivity contribution in [1.29, 1.82) is 0 Å². The lowest BCUT2D eigenvalue weighted by Crippen LogP contribution is -2.37. The van der Waals surface area contributed by atoms with Crippen LogP contribution in [0.2, 0.25) is 0 Å². The van der Waals surface area contributed by atoms with Gasteiger partial charge in [0.2, 0.25) is 5.91 Å². The minimum absolute atomic E-state index is 0.302. The maximum atomic E-state index is 14.0. The number of unbranched alkanes of at least 4 members (excludes halogenated alkanes) is 2. The minimum atomic E-state index is -0.954. The molecule has 3 aromatic carbocycles. The summed E-state index contributed by atoms with van der Waals surface area (Å²) >= 11 is 0. The second-order valence-corrected chi connectivity index (χ2v) is 10.2. The van der Waals surface area contributed by atoms with Crippen LogP contribution in [0.25, 0.3) is 0 Å². The van der Waals surface area contributed by atoms with Crippen LogP contribution in [0.5, 0.6) is 17.2 Å². The maximum Gasteiger partial charge on any atom is 0.266 e. The first-order valence-electron chi connectivity index (χ1n) is 14.6. The quantitative estimate of drug-likeness (QED) is 0.175. The zero-order chi connectivity index (χ0) is 28.8. The average molecular weight is 559 g/mol. The molecule has 8 heteroatoms. The van der Waals surface area contributed by atoms with Crippen molar-refractivity contribution >= 4 is 23.2 Å². The van der Waals surface area contributed by atoms with Crippen LogP contribution in [-0.4, -0.2) is 37.7 Å². The number of rotatable bonds is 13. The smallest absolute Gasteiger partial charge is 0.266 e. The Morgan fingerprint density at radius 1 is 0.732 bits per heavy atom. The molecule has 2 heterocycles. The monoisotopic (exact) mass is 558 g/mol. The van der Waals surface area contributed by atoms with Crippen molar-refractivity contribution in [2.45, 2.75) is 58.6 Å². The van der Waals surface area contributed by atoms with Gasteiger partial charge in [-0.15, -0.1) is 0 Å². The second-order valence-electron chi connectivity index (χ2n) is 10.2. The van der Waals surface area contributed by atoms with Crippen molar-refractivity contribution < 1.29 is 28.6 Å². The molecular weight excluding hydrogens is 520 g/mol. The molecule has 2 aliphatic rings. The summed E-state index contributed by atoms with van der Waals surface area (Å²) in [6.45, 7) is 7.82. The minimum Gasteiger partial charge on any atom is -0.494 e. The van der Waals surface area contributed by atoms with E-state index in [1.54, 1.807) is 29.3 Å². The summed E-state index contributed by atoms with van der Waals surface area (Å²) in [5, 5.41) is 1.69. The highest BCUT2D eigenvalue weighted by Crippen LogP contribution is 2.48. The number of para-hydroxylation sites is 1. The molecule has 0 unspecified atom stereocenters. The van der Waals surface area contributed by atoms with Gasteiger partial charge in [0, 0.05) is 0 Å². The van der Waals surface area contributed by atoms with Crippen LogP contribution >= 0.6 is 0 Å². The van der Waals surface area contributed by atoms with E-state index in [-0.39, 0.29) is 11.8 Å². The predicted octanol–water partition coefficient (Wildman–Crippen LogP) is 6.49. The number of amides is 2. The van der Waals surface area contributed by atoms with Crippen molar-refractivity contribution in [3.63, 3.8) is 0 Å². The molecule has 0 aromatic heterocycles. The van der Waals surface area contributed by atoms with E-state index in [0.717, 1.165) is 36.9 Å². The highest BCUT2D eigenvalue weighted by molar-refractivity contribution is 6.23. The maximum absolute atomic E-state index is 14.0. The van der Waals surface area contributed by atoms with Gasteiger partial charge in [0.1, 0.15) is 11.7 Å². The van der Waals surface area contributed by atoms with E-state index in [1.807, 2.05) is 55.5 Å². The van der Waals surface area contributed by atoms with E-state index in [2.05, 4.69) is 13.8 Å². The standard InChI is InChI=1S/C33H38N2O6/c1-4-7-20-39-26-17-15-24(16-18-26)34-32(36)29-30(35(41-31(29)33(34)37)25-12-10-9-11-13-25)23-14-19-27(40-21-8-5-2)28(22-23)38-6-3/h9-19,22,29-31H,4-8,20-21H2,1-3H3/t29-,30+,31-/m0/s1. The van der Waals surface area contributed by atoms with Gasteiger partial charge >= 0.3 is 0 Å². The third-order valence-corrected chi connectivity index (χ3v) is 7.35. The zero-order valence-electron chi connectivity index (χ0n) is 24.0. The zero-order valence-corrected chi connectivity index (χ0v) is 24.0. The molecule has 3 atom stereocenters. The van der Waals surface area contributed by atoms with E-state index in [4.69, 9.17) is 19.0 Å². The number of hydrogen-bond acceptors (Lipinski definition) is 7. The fraction of sp³-hybridized carbons (Fsp3) is 0.394. The van der Waals surface area contributed by atoms with Gasteiger partial charge in [-0.25, -0.2) is 9.96 Å². The van der Waals surface area contributed by atoms with Gasteiger partial charge in [-0.05, 0) is 73.9 Å². The summed E-state index contributed by atoms with van der Waals surface area (Å²) in [4.78, 5) is 35.3. The molecule has 2 saturated heterocycles. The molecule has 5 rings (SSSR count). The van der Waals surface area contributed by atoms with E-state index in [0.29, 0.717) is 42.8 Å². The third-order valence-electron chi connectivity index (χ3n) is 7.35. The molecule has 2 amide bonds. The summed E-state index contributed by atoms with van der Waals surface area (Å²) < 4.78 is 17.7. The van der Waals surface area contributed by atoms with Gasteiger partial charge in [-0.2, -0.15) is 0 Å². The summed E-state index contributed by atoms with van der Waals surface area (Å²) in [6, 6.07) is 21.8. The Hall–Kier alpha value is -4.04. The molecule has 8 nitrogen and oxygen atoms in total. The van der Waals surface area contributed by atoms with Crippen LogP contribution in [0, 0.1) is 5.92 Å². The number of hydroxylamine groups is 1. The molecular formula is C33H38N2O6. The first-order valence-corrected chi connectivity index (χ1v) is 14.6. The number of imide groups is 1. The molecule has 0 bridgehead atoms. The number of carbonyl (C=O) groups excluding carboxylic acids is 2. The molecule has 3 aromatic rings. The van der Waals surface area contributed by atoms with Crippen molar-refractivity contribution in [1.82, 2.24) is 0 Å². The molecule has 41 heavy (non-hydrogen) atoms. The summed E-state index contributed by atoms with van der Waals surface area (Å²) in [7, 11) is 0. The lowest BCUT2D eigenvalue weighted by molar-refractivity contribution is -0.126. The number of benzene rings is 3. The van der Waals surface area contributed by atoms with Crippen LogP contribution < -0.4 is 24.2 Å². The lowest BCUT2D eigenvalue weighted by atomic mass is 9.90. The van der Waals surface area contributed by atoms with E-state index in [1.165, 1.54) is 4.90 Å². The van der Waals surface area contributed by atoms with E-state index in [9.17, 15) is 9.59 Å². The topological polar surface area (TPSA) is 77.5 Å². The molecule has 2 fully saturated rings. The van der Waals surface area contributed by atoms with Crippen LogP contribution in [0.1, 0.15) is 58.1 Å². The van der Waals surface area contributed by atoms with Crippen molar-refractivity contribution in [2.24, 2.45) is 5.92 Å². The van der Waals surface area contributed by atoms with E-state index >= 15 is 0 Å². The van der Waals surface area contributed by atoms with Crippen molar-refractivity contribution in [3.8, 4) is 17.2 Å². The van der Waals surface area contributed by atoms with E-state index < -0.39 is 18.1 Å². The Balaban J connectivity index is 1.47. The second kappa shape index (κ2) is 13.1. The van der Waals surface area contributed by atoms with Gasteiger partial charge in [0.15, 0.2) is 17.6 Å². The lowest BCUT2D eigenvalue weighted by Gasteiger charge is -2.29. The summed E-state index contributed by atoms with van der Waals surface area (Å²) in [5.41, 5.74) is 2.06. The normalized spacial score (nSPS) is 19.9. The van der Waals surface area contributed by atoms with Crippen LogP contribution in [0.15, 0.2) is 72.8 Å². The Morgan fingerprint density at radius 2 is 1.44 bits per heavy atom. The Morgan fingerprint density at radius 3 is 2.12 bits per heavy atom. The molecule has 0 radical (unpaired) electrons. The largest absolute Gasteiger partial charge is 0.494 e. The first-order chi connectivity index (χ1) is 20.1. The first kappa shape index (κ1) is 28.5. The molecule has 216 valence electrons. The molecule has 0 N–H and O–H groups in total. The number of carbonyl (C=O) groups is 2. The van der Waals surface area contributed by atoms with Crippen LogP contribution in [-0.2, 0) is 14.4 Å². The fourth-order valence-corrected chi connectivity index (χ4v) is 5.26. The van der Waals surface area contributed by atoms with Crippen LogP contribution in [0.3, 0.4) is 0 Å². The van der Waals surface area contributed by atoms with Gasteiger partial charge < -0.3 is 14.2 Å². The number of ether oxygens (including phenoxy) is 3. The van der Waals surface area contributed by atoms with Crippen LogP contribution in [0.4, 0.5) is 11.4 Å². The molecule has 0 saturated carbocycles. The summed E-state index contributed by atoms with van der Waals surface area (Å²) in [6.07, 6.45) is 3.01. The number of hydrogen-bond donors (Lipinski definition) is 0. The number of fused-ring (bicyclic) bond motifs is 1. The molecule has 0 spiro atoms. The van der Waals surface area contributed by atoms with Gasteiger partial charge in [-0.1, -0.05) is 51.0 Å². The number of nitrogens with zero attached hydrogens (tertiary/aromatic N) is 2. The van der Waals surface area contributed by atoms with Gasteiger partial charge in [-0.3, -0.25) is 14.4 Å². The van der Waals surface area contributed by atoms with Crippen molar-refractivity contribution in [2.75, 3.05) is 29.8 Å². The Kier molecular flexibility index (Phi) is 9.09. The fourth-order valence-electron chi connectivity index (χ4n) is 5.26. The van der Waals surface area contributed by atoms with Gasteiger partial charge in [0.05, 0.1) is 37.2 Å². The molecule has 2 aliphatic heterocycles. The Bertz CT molecular complexity index is 1330. The highest BCUT2D eigenvalue weighted by Gasteiger charge is 2.60. The SMILES string of the molecule is CCCCOc1ccc(N2C(=O)[C@@H]3[C@H](ON(c4ccccc4)[C@@H]3c3ccc(OCCCC)c(OCC)c3)C2=O)cc1. The predicted molar refractivity (Wildman–Crippen MR) is 157 cm³/mol. The highest BCUT2D eigenvalue weighted by atomic mass is 16.7. The third kappa shape index (κ3) is 5.88.